The zero-order valence-electron chi connectivity index (χ0n) is 10.1. The van der Waals surface area contributed by atoms with Crippen molar-refractivity contribution in [3.05, 3.63) is 0 Å². The Labute approximate surface area is 97.6 Å². The largest absolute Gasteiger partial charge is 0.382 e. The number of aliphatic hydroxyl groups excluding tert-OH is 1. The van der Waals surface area contributed by atoms with Crippen molar-refractivity contribution in [3.8, 4) is 0 Å². The number of aliphatic hydroxyl groups is 1. The van der Waals surface area contributed by atoms with Crippen molar-refractivity contribution in [1.82, 2.24) is 5.32 Å². The van der Waals surface area contributed by atoms with Crippen LogP contribution in [0, 0.1) is 0 Å². The molecule has 1 aliphatic rings. The molecule has 0 aromatic carbocycles. The molecule has 0 aromatic rings. The van der Waals surface area contributed by atoms with Gasteiger partial charge in [-0.25, -0.2) is 5.32 Å². The molecule has 2 atom stereocenters. The maximum absolute atomic E-state index is 11.6. The van der Waals surface area contributed by atoms with Gasteiger partial charge in [0.05, 0.1) is 6.04 Å². The van der Waals surface area contributed by atoms with E-state index in [9.17, 15) is 9.90 Å². The molecule has 1 unspecified atom stereocenters. The Bertz CT molecular complexity index is 215. The fourth-order valence-electron chi connectivity index (χ4n) is 2.07. The van der Waals surface area contributed by atoms with E-state index in [2.05, 4.69) is 12.2 Å². The number of nitrogens with zero attached hydrogens (tertiary/aromatic N) is 1. The number of hydrogen-bond donors (Lipinski definition) is 2. The van der Waals surface area contributed by atoms with E-state index in [1.807, 2.05) is 0 Å². The average Bonchev–Trinajstić information content (AvgIpc) is 2.77. The fourth-order valence-corrected chi connectivity index (χ4v) is 2.07. The summed E-state index contributed by atoms with van der Waals surface area (Å²) in [5.41, 5.74) is 5.75. The van der Waals surface area contributed by atoms with E-state index < -0.39 is 18.1 Å². The first-order chi connectivity index (χ1) is 7.65. The van der Waals surface area contributed by atoms with E-state index in [1.165, 1.54) is 0 Å². The van der Waals surface area contributed by atoms with E-state index in [0.29, 0.717) is 6.42 Å². The summed E-state index contributed by atoms with van der Waals surface area (Å²) >= 11 is 0. The van der Waals surface area contributed by atoms with Crippen LogP contribution in [0.4, 0.5) is 0 Å². The molecule has 16 heavy (non-hydrogen) atoms. The number of rotatable bonds is 6. The van der Waals surface area contributed by atoms with Gasteiger partial charge < -0.3 is 10.8 Å². The topological polar surface area (TPSA) is 77.4 Å². The van der Waals surface area contributed by atoms with Crippen LogP contribution in [0.1, 0.15) is 51.9 Å². The van der Waals surface area contributed by atoms with Crippen LogP contribution in [-0.2, 0) is 4.79 Å². The molecule has 4 nitrogen and oxygen atoms in total. The average molecular weight is 227 g/mol. The van der Waals surface area contributed by atoms with Gasteiger partial charge in [-0.1, -0.05) is 32.6 Å². The highest BCUT2D eigenvalue weighted by atomic mass is 16.3. The Morgan fingerprint density at radius 1 is 1.50 bits per heavy atom. The van der Waals surface area contributed by atoms with Crippen LogP contribution in [0.25, 0.3) is 0 Å². The lowest BCUT2D eigenvalue weighted by Crippen LogP contribution is -2.45. The molecule has 0 saturated heterocycles. The molecule has 93 valence electrons. The Morgan fingerprint density at radius 2 is 2.12 bits per heavy atom. The summed E-state index contributed by atoms with van der Waals surface area (Å²) in [6.45, 7) is 2.06. The Morgan fingerprint density at radius 3 is 2.69 bits per heavy atom. The number of amides is 1. The smallest absolute Gasteiger partial charge is 0.271 e. The maximum Gasteiger partial charge on any atom is 0.271 e. The van der Waals surface area contributed by atoms with Crippen LogP contribution >= 0.6 is 0 Å². The summed E-state index contributed by atoms with van der Waals surface area (Å²) in [6.07, 6.45) is 5.77. The minimum Gasteiger partial charge on any atom is -0.382 e. The quantitative estimate of drug-likeness (QED) is 0.709. The molecule has 4 heteroatoms. The third kappa shape index (κ3) is 4.10. The molecule has 0 spiro atoms. The van der Waals surface area contributed by atoms with Gasteiger partial charge in [0.1, 0.15) is 6.10 Å². The summed E-state index contributed by atoms with van der Waals surface area (Å²) in [7, 11) is 0. The lowest BCUT2D eigenvalue weighted by atomic mass is 10.0. The Kier molecular flexibility index (Phi) is 5.77. The molecule has 0 aliphatic heterocycles. The predicted octanol–water partition coefficient (Wildman–Crippen LogP) is 0.938. The molecule has 0 bridgehead atoms. The van der Waals surface area contributed by atoms with Crippen LogP contribution in [0.15, 0.2) is 0 Å². The summed E-state index contributed by atoms with van der Waals surface area (Å²) in [4.78, 5) is 11.6. The van der Waals surface area contributed by atoms with Gasteiger partial charge in [0.2, 0.25) is 0 Å². The van der Waals surface area contributed by atoms with Crippen LogP contribution in [0.3, 0.4) is 0 Å². The normalized spacial score (nSPS) is 20.7. The lowest BCUT2D eigenvalue weighted by Gasteiger charge is -2.18. The molecule has 1 aliphatic carbocycles. The monoisotopic (exact) mass is 227 g/mol. The van der Waals surface area contributed by atoms with E-state index in [4.69, 9.17) is 5.73 Å². The van der Waals surface area contributed by atoms with Crippen LogP contribution < -0.4 is 11.1 Å². The van der Waals surface area contributed by atoms with Crippen molar-refractivity contribution in [2.45, 2.75) is 70.1 Å². The summed E-state index contributed by atoms with van der Waals surface area (Å²) < 4.78 is 0. The van der Waals surface area contributed by atoms with Crippen molar-refractivity contribution in [2.75, 3.05) is 0 Å². The predicted molar refractivity (Wildman–Crippen MR) is 62.9 cm³/mol. The first-order valence-electron chi connectivity index (χ1n) is 6.33. The highest BCUT2D eigenvalue weighted by molar-refractivity contribution is 5.81. The van der Waals surface area contributed by atoms with Gasteiger partial charge in [-0.05, 0) is 19.3 Å². The molecule has 0 aromatic heterocycles. The van der Waals surface area contributed by atoms with Crippen molar-refractivity contribution < 1.29 is 9.90 Å². The molecule has 1 saturated carbocycles. The minimum atomic E-state index is -1.10. The van der Waals surface area contributed by atoms with Crippen LogP contribution in [0.5, 0.6) is 0 Å². The van der Waals surface area contributed by atoms with Crippen molar-refractivity contribution in [2.24, 2.45) is 5.73 Å². The molecule has 1 rings (SSSR count). The van der Waals surface area contributed by atoms with Crippen molar-refractivity contribution >= 4 is 5.91 Å². The minimum absolute atomic E-state index is 0.125. The number of unbranched alkanes of at least 4 members (excludes halogenated alkanes) is 1. The van der Waals surface area contributed by atoms with Crippen LogP contribution in [0.2, 0.25) is 0 Å². The molecule has 0 heterocycles. The second-order valence-corrected chi connectivity index (χ2v) is 4.66. The van der Waals surface area contributed by atoms with Gasteiger partial charge in [-0.2, -0.15) is 0 Å². The number of carbonyl (C=O) groups excluding carboxylic acids is 1. The third-order valence-electron chi connectivity index (χ3n) is 3.18. The second-order valence-electron chi connectivity index (χ2n) is 4.66. The van der Waals surface area contributed by atoms with Gasteiger partial charge in [0.15, 0.2) is 0 Å². The maximum atomic E-state index is 11.6. The van der Waals surface area contributed by atoms with Gasteiger partial charge in [-0.15, -0.1) is 0 Å². The molecule has 3 N–H and O–H groups in total. The zero-order valence-corrected chi connectivity index (χ0v) is 10.1. The van der Waals surface area contributed by atoms with E-state index in [-0.39, 0.29) is 6.04 Å². The van der Waals surface area contributed by atoms with Gasteiger partial charge in [0, 0.05) is 6.04 Å². The Hall–Kier alpha value is -0.610. The Balaban J connectivity index is 2.28. The van der Waals surface area contributed by atoms with E-state index in [0.717, 1.165) is 38.5 Å². The van der Waals surface area contributed by atoms with Gasteiger partial charge >= 0.3 is 0 Å². The van der Waals surface area contributed by atoms with Crippen molar-refractivity contribution in [3.63, 3.8) is 0 Å². The molecule has 1 amide bonds. The zero-order chi connectivity index (χ0) is 12.0. The summed E-state index contributed by atoms with van der Waals surface area (Å²) in [5, 5.41) is 13.7. The second kappa shape index (κ2) is 6.86. The standard InChI is InChI=1S/C12H23N2O2/c1-2-3-8-10(13)11(15)12(16)14-9-6-4-5-7-9/h9-11,15H,2-8,13H2,1H3/t10-,11?/m0/s1. The highest BCUT2D eigenvalue weighted by Gasteiger charge is 2.27. The van der Waals surface area contributed by atoms with Crippen molar-refractivity contribution in [1.29, 1.82) is 0 Å². The third-order valence-corrected chi connectivity index (χ3v) is 3.18. The number of nitrogens with two attached hydrogens (primary N) is 1. The molecule has 1 fully saturated rings. The highest BCUT2D eigenvalue weighted by Crippen LogP contribution is 2.19. The summed E-state index contributed by atoms with van der Waals surface area (Å²) in [5.74, 6) is -0.421. The first kappa shape index (κ1) is 13.5. The SMILES string of the molecule is CCCC[C@H](N)C(O)C(=O)[N]C1CCCC1. The van der Waals surface area contributed by atoms with Gasteiger partial charge in [0.25, 0.3) is 5.91 Å². The summed E-state index contributed by atoms with van der Waals surface area (Å²) in [6, 6.07) is -0.335. The fraction of sp³-hybridized carbons (Fsp3) is 0.917. The number of hydrogen-bond acceptors (Lipinski definition) is 3. The molecular formula is C12H23N2O2. The van der Waals surface area contributed by atoms with E-state index >= 15 is 0 Å². The number of carbonyl (C=O) groups is 1. The first-order valence-corrected chi connectivity index (χ1v) is 6.33. The molecule has 1 radical (unpaired) electrons. The molecular weight excluding hydrogens is 204 g/mol. The lowest BCUT2D eigenvalue weighted by molar-refractivity contribution is -0.131. The van der Waals surface area contributed by atoms with Crippen LogP contribution in [-0.4, -0.2) is 29.2 Å². The van der Waals surface area contributed by atoms with E-state index in [1.54, 1.807) is 0 Å². The van der Waals surface area contributed by atoms with Gasteiger partial charge in [-0.3, -0.25) is 4.79 Å².